The zero-order chi connectivity index (χ0) is 19.6. The largest absolute Gasteiger partial charge is 0.339 e. The summed E-state index contributed by atoms with van der Waals surface area (Å²) in [4.78, 5) is 20.0. The molecule has 1 amide bonds. The highest BCUT2D eigenvalue weighted by atomic mass is 16.2. The van der Waals surface area contributed by atoms with Crippen molar-refractivity contribution < 1.29 is 4.79 Å². The fraction of sp³-hybridized carbons (Fsp3) is 0.440. The summed E-state index contributed by atoms with van der Waals surface area (Å²) >= 11 is 0. The standard InChI is InChI=1S/C25H29N3O/c29-25(27-15-12-20(13-16-27)17-19-7-3-1-4-8-19)21-10-11-23-22(18-21)26-24-9-5-2-6-14-28(23)24/h1,3-4,7-8,10-11,18,20H,2,5-6,9,12-17H2. The summed E-state index contributed by atoms with van der Waals surface area (Å²) in [6, 6.07) is 16.8. The number of carbonyl (C=O) groups excluding carboxylic acids is 1. The van der Waals surface area contributed by atoms with Crippen molar-refractivity contribution in [3.63, 3.8) is 0 Å². The lowest BCUT2D eigenvalue weighted by Gasteiger charge is -2.32. The fourth-order valence-electron chi connectivity index (χ4n) is 4.95. The minimum Gasteiger partial charge on any atom is -0.339 e. The predicted molar refractivity (Wildman–Crippen MR) is 116 cm³/mol. The Hall–Kier alpha value is -2.62. The minimum absolute atomic E-state index is 0.160. The Labute approximate surface area is 172 Å². The maximum atomic E-state index is 13.1. The second kappa shape index (κ2) is 8.02. The highest BCUT2D eigenvalue weighted by Gasteiger charge is 2.24. The molecule has 4 nitrogen and oxygen atoms in total. The van der Waals surface area contributed by atoms with E-state index >= 15 is 0 Å². The van der Waals surface area contributed by atoms with Crippen LogP contribution in [0.5, 0.6) is 0 Å². The number of piperidine rings is 1. The first-order chi connectivity index (χ1) is 14.3. The lowest BCUT2D eigenvalue weighted by Crippen LogP contribution is -2.38. The Kier molecular flexibility index (Phi) is 5.09. The Bertz CT molecular complexity index is 1000. The number of benzene rings is 2. The van der Waals surface area contributed by atoms with Gasteiger partial charge in [0, 0.05) is 31.6 Å². The smallest absolute Gasteiger partial charge is 0.253 e. The molecular weight excluding hydrogens is 358 g/mol. The number of carbonyl (C=O) groups is 1. The first kappa shape index (κ1) is 18.4. The third-order valence-electron chi connectivity index (χ3n) is 6.63. The Balaban J connectivity index is 1.27. The van der Waals surface area contributed by atoms with Gasteiger partial charge in [-0.1, -0.05) is 36.8 Å². The molecule has 3 aromatic rings. The van der Waals surface area contributed by atoms with Gasteiger partial charge in [-0.2, -0.15) is 0 Å². The van der Waals surface area contributed by atoms with Gasteiger partial charge in [0.15, 0.2) is 0 Å². The van der Waals surface area contributed by atoms with Gasteiger partial charge in [-0.3, -0.25) is 4.79 Å². The maximum absolute atomic E-state index is 13.1. The van der Waals surface area contributed by atoms with Crippen LogP contribution in [0, 0.1) is 5.92 Å². The van der Waals surface area contributed by atoms with Crippen LogP contribution >= 0.6 is 0 Å². The summed E-state index contributed by atoms with van der Waals surface area (Å²) in [5, 5.41) is 0. The number of imidazole rings is 1. The molecule has 0 radical (unpaired) electrons. The third-order valence-corrected chi connectivity index (χ3v) is 6.63. The normalized spacial score (nSPS) is 17.9. The first-order valence-corrected chi connectivity index (χ1v) is 11.1. The van der Waals surface area contributed by atoms with Gasteiger partial charge >= 0.3 is 0 Å². The van der Waals surface area contributed by atoms with Crippen LogP contribution in [0.4, 0.5) is 0 Å². The molecule has 0 bridgehead atoms. The summed E-state index contributed by atoms with van der Waals surface area (Å²) in [6.07, 6.45) is 8.05. The molecular formula is C25H29N3O. The number of aryl methyl sites for hydroxylation is 2. The number of aromatic nitrogens is 2. The van der Waals surface area contributed by atoms with Crippen molar-refractivity contribution in [2.75, 3.05) is 13.1 Å². The molecule has 0 N–H and O–H groups in total. The molecule has 1 fully saturated rings. The molecule has 2 aliphatic rings. The van der Waals surface area contributed by atoms with Crippen molar-refractivity contribution in [1.82, 2.24) is 14.5 Å². The van der Waals surface area contributed by atoms with Gasteiger partial charge in [0.1, 0.15) is 5.82 Å². The summed E-state index contributed by atoms with van der Waals surface area (Å²) in [5.41, 5.74) is 4.35. The molecule has 1 aromatic heterocycles. The summed E-state index contributed by atoms with van der Waals surface area (Å²) in [5.74, 6) is 2.02. The van der Waals surface area contributed by atoms with Crippen LogP contribution in [0.15, 0.2) is 48.5 Å². The molecule has 2 aliphatic heterocycles. The van der Waals surface area contributed by atoms with Gasteiger partial charge in [0.25, 0.3) is 5.91 Å². The van der Waals surface area contributed by atoms with Crippen LogP contribution in [-0.4, -0.2) is 33.4 Å². The van der Waals surface area contributed by atoms with Crippen molar-refractivity contribution >= 4 is 16.9 Å². The fourth-order valence-corrected chi connectivity index (χ4v) is 4.95. The van der Waals surface area contributed by atoms with E-state index in [0.29, 0.717) is 5.92 Å². The van der Waals surface area contributed by atoms with Crippen molar-refractivity contribution in [2.45, 2.75) is 51.5 Å². The average molecular weight is 388 g/mol. The molecule has 1 saturated heterocycles. The molecule has 4 heteroatoms. The van der Waals surface area contributed by atoms with E-state index in [0.717, 1.165) is 56.4 Å². The molecule has 0 atom stereocenters. The van der Waals surface area contributed by atoms with Gasteiger partial charge in [-0.05, 0) is 61.8 Å². The predicted octanol–water partition coefficient (Wildman–Crippen LogP) is 4.86. The monoisotopic (exact) mass is 387 g/mol. The van der Waals surface area contributed by atoms with Gasteiger partial charge in [-0.15, -0.1) is 0 Å². The molecule has 0 aliphatic carbocycles. The van der Waals surface area contributed by atoms with E-state index in [1.165, 1.54) is 36.2 Å². The summed E-state index contributed by atoms with van der Waals surface area (Å²) < 4.78 is 2.35. The molecule has 0 saturated carbocycles. The number of rotatable bonds is 3. The maximum Gasteiger partial charge on any atom is 0.253 e. The number of amides is 1. The van der Waals surface area contributed by atoms with Crippen molar-refractivity contribution in [3.8, 4) is 0 Å². The van der Waals surface area contributed by atoms with E-state index in [2.05, 4.69) is 41.0 Å². The van der Waals surface area contributed by atoms with E-state index in [9.17, 15) is 4.79 Å². The SMILES string of the molecule is O=C(c1ccc2c(c1)nc1n2CCCCC1)N1CCC(Cc2ccccc2)CC1. The van der Waals surface area contributed by atoms with E-state index in [1.54, 1.807) is 0 Å². The molecule has 3 heterocycles. The highest BCUT2D eigenvalue weighted by molar-refractivity contribution is 5.97. The Morgan fingerprint density at radius 2 is 1.79 bits per heavy atom. The number of likely N-dealkylation sites (tertiary alicyclic amines) is 1. The van der Waals surface area contributed by atoms with Crippen LogP contribution < -0.4 is 0 Å². The van der Waals surface area contributed by atoms with Gasteiger partial charge in [0.05, 0.1) is 11.0 Å². The second-order valence-corrected chi connectivity index (χ2v) is 8.62. The zero-order valence-electron chi connectivity index (χ0n) is 17.0. The van der Waals surface area contributed by atoms with E-state index < -0.39 is 0 Å². The number of fused-ring (bicyclic) bond motifs is 3. The van der Waals surface area contributed by atoms with Crippen molar-refractivity contribution in [2.24, 2.45) is 5.92 Å². The molecule has 0 spiro atoms. The van der Waals surface area contributed by atoms with Gasteiger partial charge in [-0.25, -0.2) is 4.98 Å². The molecule has 2 aromatic carbocycles. The van der Waals surface area contributed by atoms with Crippen LogP contribution in [0.2, 0.25) is 0 Å². The van der Waals surface area contributed by atoms with Crippen LogP contribution in [-0.2, 0) is 19.4 Å². The van der Waals surface area contributed by atoms with E-state index in [4.69, 9.17) is 4.98 Å². The second-order valence-electron chi connectivity index (χ2n) is 8.62. The van der Waals surface area contributed by atoms with E-state index in [-0.39, 0.29) is 5.91 Å². The molecule has 29 heavy (non-hydrogen) atoms. The quantitative estimate of drug-likeness (QED) is 0.644. The lowest BCUT2D eigenvalue weighted by atomic mass is 9.90. The summed E-state index contributed by atoms with van der Waals surface area (Å²) in [7, 11) is 0. The first-order valence-electron chi connectivity index (χ1n) is 11.1. The van der Waals surface area contributed by atoms with Crippen LogP contribution in [0.3, 0.4) is 0 Å². The molecule has 150 valence electrons. The zero-order valence-corrected chi connectivity index (χ0v) is 17.0. The van der Waals surface area contributed by atoms with Crippen LogP contribution in [0.25, 0.3) is 11.0 Å². The topological polar surface area (TPSA) is 38.1 Å². The summed E-state index contributed by atoms with van der Waals surface area (Å²) in [6.45, 7) is 2.76. The highest BCUT2D eigenvalue weighted by Crippen LogP contribution is 2.26. The Morgan fingerprint density at radius 1 is 0.966 bits per heavy atom. The Morgan fingerprint density at radius 3 is 2.62 bits per heavy atom. The van der Waals surface area contributed by atoms with E-state index in [1.807, 2.05) is 17.0 Å². The van der Waals surface area contributed by atoms with Crippen molar-refractivity contribution in [3.05, 3.63) is 65.5 Å². The van der Waals surface area contributed by atoms with Crippen molar-refractivity contribution in [1.29, 1.82) is 0 Å². The molecule has 0 unspecified atom stereocenters. The lowest BCUT2D eigenvalue weighted by molar-refractivity contribution is 0.0690. The average Bonchev–Trinajstić information content (AvgIpc) is 2.94. The number of nitrogens with zero attached hydrogens (tertiary/aromatic N) is 3. The molecule has 5 rings (SSSR count). The van der Waals surface area contributed by atoms with Gasteiger partial charge in [0.2, 0.25) is 0 Å². The third kappa shape index (κ3) is 3.81. The van der Waals surface area contributed by atoms with Crippen LogP contribution in [0.1, 0.15) is 53.8 Å². The number of hydrogen-bond donors (Lipinski definition) is 0. The van der Waals surface area contributed by atoms with Gasteiger partial charge < -0.3 is 9.47 Å². The minimum atomic E-state index is 0.160. The number of hydrogen-bond acceptors (Lipinski definition) is 2.